The molecule has 0 bridgehead atoms. The molecule has 1 atom stereocenters. The number of halogens is 1. The summed E-state index contributed by atoms with van der Waals surface area (Å²) in [5, 5.41) is 6.19. The summed E-state index contributed by atoms with van der Waals surface area (Å²) in [5.74, 6) is 1.00. The second-order valence-electron chi connectivity index (χ2n) is 5.91. The summed E-state index contributed by atoms with van der Waals surface area (Å²) in [5.41, 5.74) is 1.43. The fourth-order valence-corrected chi connectivity index (χ4v) is 2.70. The Bertz CT molecular complexity index is 808. The molecular formula is C19H19ClN2O4. The molecule has 136 valence electrons. The lowest BCUT2D eigenvalue weighted by molar-refractivity contribution is -0.121. The number of hydrogen-bond acceptors (Lipinski definition) is 4. The summed E-state index contributed by atoms with van der Waals surface area (Å²) in [4.78, 5) is 24.1. The number of hydrogen-bond donors (Lipinski definition) is 2. The topological polar surface area (TPSA) is 76.7 Å². The molecule has 2 aromatic rings. The van der Waals surface area contributed by atoms with E-state index in [2.05, 4.69) is 10.6 Å². The molecule has 1 aliphatic rings. The highest BCUT2D eigenvalue weighted by molar-refractivity contribution is 6.30. The van der Waals surface area contributed by atoms with Gasteiger partial charge in [-0.05, 0) is 48.9 Å². The van der Waals surface area contributed by atoms with E-state index in [9.17, 15) is 9.59 Å². The summed E-state index contributed by atoms with van der Waals surface area (Å²) in [7, 11) is 0. The van der Waals surface area contributed by atoms with Gasteiger partial charge in [0.1, 0.15) is 0 Å². The Morgan fingerprint density at radius 3 is 2.62 bits per heavy atom. The van der Waals surface area contributed by atoms with Crippen LogP contribution < -0.4 is 20.1 Å². The molecule has 2 N–H and O–H groups in total. The van der Waals surface area contributed by atoms with Gasteiger partial charge in [-0.1, -0.05) is 17.7 Å². The lowest BCUT2D eigenvalue weighted by Gasteiger charge is -2.15. The van der Waals surface area contributed by atoms with Gasteiger partial charge in [0.15, 0.2) is 11.5 Å². The van der Waals surface area contributed by atoms with Gasteiger partial charge in [0.25, 0.3) is 5.91 Å². The van der Waals surface area contributed by atoms with Gasteiger partial charge in [-0.3, -0.25) is 9.59 Å². The normalized spacial score (nSPS) is 13.2. The monoisotopic (exact) mass is 374 g/mol. The third-order valence-corrected chi connectivity index (χ3v) is 4.27. The number of rotatable bonds is 6. The van der Waals surface area contributed by atoms with Crippen molar-refractivity contribution >= 4 is 23.4 Å². The molecule has 0 radical (unpaired) electrons. The predicted molar refractivity (Wildman–Crippen MR) is 97.5 cm³/mol. The molecule has 0 saturated heterocycles. The first-order valence-corrected chi connectivity index (χ1v) is 8.63. The molecule has 7 heteroatoms. The minimum atomic E-state index is -0.238. The Hall–Kier alpha value is -2.73. The maximum absolute atomic E-state index is 12.1. The maximum Gasteiger partial charge on any atom is 0.251 e. The van der Waals surface area contributed by atoms with E-state index < -0.39 is 0 Å². The van der Waals surface area contributed by atoms with Gasteiger partial charge in [0.2, 0.25) is 12.7 Å². The lowest BCUT2D eigenvalue weighted by Crippen LogP contribution is -2.32. The summed E-state index contributed by atoms with van der Waals surface area (Å²) in [6.45, 7) is 2.36. The highest BCUT2D eigenvalue weighted by atomic mass is 35.5. The molecule has 1 aliphatic heterocycles. The summed E-state index contributed by atoms with van der Waals surface area (Å²) < 4.78 is 10.6. The Balaban J connectivity index is 1.45. The van der Waals surface area contributed by atoms with Crippen molar-refractivity contribution < 1.29 is 19.1 Å². The average molecular weight is 375 g/mol. The standard InChI is InChI=1S/C19H19ClN2O4/c1-12(14-4-7-16-17(10-14)26-11-25-16)22-18(23)8-9-21-19(24)13-2-5-15(20)6-3-13/h2-7,10,12H,8-9,11H2,1H3,(H,21,24)(H,22,23). The van der Waals surface area contributed by atoms with E-state index in [1.54, 1.807) is 24.3 Å². The fourth-order valence-electron chi connectivity index (χ4n) is 2.57. The molecule has 0 aromatic heterocycles. The zero-order valence-corrected chi connectivity index (χ0v) is 15.0. The van der Waals surface area contributed by atoms with E-state index in [0.29, 0.717) is 22.1 Å². The van der Waals surface area contributed by atoms with Crippen LogP contribution in [-0.2, 0) is 4.79 Å². The van der Waals surface area contributed by atoms with Gasteiger partial charge < -0.3 is 20.1 Å². The third-order valence-electron chi connectivity index (χ3n) is 4.02. The van der Waals surface area contributed by atoms with E-state index in [1.165, 1.54) is 0 Å². The van der Waals surface area contributed by atoms with Crippen molar-refractivity contribution in [2.75, 3.05) is 13.3 Å². The number of ether oxygens (including phenoxy) is 2. The Kier molecular flexibility index (Phi) is 5.63. The van der Waals surface area contributed by atoms with E-state index in [-0.39, 0.29) is 37.6 Å². The smallest absolute Gasteiger partial charge is 0.251 e. The first-order valence-electron chi connectivity index (χ1n) is 8.25. The van der Waals surface area contributed by atoms with Crippen LogP contribution in [0, 0.1) is 0 Å². The van der Waals surface area contributed by atoms with Crippen LogP contribution in [0.25, 0.3) is 0 Å². The highest BCUT2D eigenvalue weighted by Crippen LogP contribution is 2.34. The Labute approximate surface area is 156 Å². The second-order valence-corrected chi connectivity index (χ2v) is 6.35. The van der Waals surface area contributed by atoms with Gasteiger partial charge >= 0.3 is 0 Å². The number of benzene rings is 2. The van der Waals surface area contributed by atoms with Crippen LogP contribution in [0.5, 0.6) is 11.5 Å². The van der Waals surface area contributed by atoms with Crippen LogP contribution in [0.1, 0.15) is 35.3 Å². The van der Waals surface area contributed by atoms with Gasteiger partial charge in [0, 0.05) is 23.6 Å². The molecule has 3 rings (SSSR count). The first-order chi connectivity index (χ1) is 12.5. The van der Waals surface area contributed by atoms with E-state index in [1.807, 2.05) is 25.1 Å². The van der Waals surface area contributed by atoms with Crippen LogP contribution >= 0.6 is 11.6 Å². The minimum Gasteiger partial charge on any atom is -0.454 e. The quantitative estimate of drug-likeness (QED) is 0.814. The van der Waals surface area contributed by atoms with Crippen LogP contribution in [0.3, 0.4) is 0 Å². The summed E-state index contributed by atoms with van der Waals surface area (Å²) >= 11 is 5.79. The number of nitrogens with one attached hydrogen (secondary N) is 2. The SMILES string of the molecule is CC(NC(=O)CCNC(=O)c1ccc(Cl)cc1)c1ccc2c(c1)OCO2. The number of fused-ring (bicyclic) bond motifs is 1. The first kappa shape index (κ1) is 18.1. The molecule has 0 saturated carbocycles. The van der Waals surface area contributed by atoms with Crippen molar-refractivity contribution in [3.05, 3.63) is 58.6 Å². The van der Waals surface area contributed by atoms with E-state index in [4.69, 9.17) is 21.1 Å². The Morgan fingerprint density at radius 2 is 1.85 bits per heavy atom. The largest absolute Gasteiger partial charge is 0.454 e. The molecule has 1 heterocycles. The minimum absolute atomic E-state index is 0.147. The molecular weight excluding hydrogens is 356 g/mol. The average Bonchev–Trinajstić information content (AvgIpc) is 3.09. The van der Waals surface area contributed by atoms with Gasteiger partial charge in [-0.2, -0.15) is 0 Å². The van der Waals surface area contributed by atoms with Crippen molar-refractivity contribution in [3.63, 3.8) is 0 Å². The molecule has 1 unspecified atom stereocenters. The Morgan fingerprint density at radius 1 is 1.12 bits per heavy atom. The van der Waals surface area contributed by atoms with Gasteiger partial charge in [-0.15, -0.1) is 0 Å². The zero-order chi connectivity index (χ0) is 18.5. The van der Waals surface area contributed by atoms with Crippen LogP contribution in [-0.4, -0.2) is 25.2 Å². The van der Waals surface area contributed by atoms with Gasteiger partial charge in [0.05, 0.1) is 6.04 Å². The highest BCUT2D eigenvalue weighted by Gasteiger charge is 2.17. The van der Waals surface area contributed by atoms with Crippen LogP contribution in [0.2, 0.25) is 5.02 Å². The molecule has 0 aliphatic carbocycles. The van der Waals surface area contributed by atoms with E-state index >= 15 is 0 Å². The number of carbonyl (C=O) groups excluding carboxylic acids is 2. The number of carbonyl (C=O) groups is 2. The third kappa shape index (κ3) is 4.46. The molecule has 0 fully saturated rings. The fraction of sp³-hybridized carbons (Fsp3) is 0.263. The maximum atomic E-state index is 12.1. The van der Waals surface area contributed by atoms with Crippen LogP contribution in [0.4, 0.5) is 0 Å². The summed E-state index contributed by atoms with van der Waals surface area (Å²) in [6.07, 6.45) is 0.189. The molecule has 26 heavy (non-hydrogen) atoms. The van der Waals surface area contributed by atoms with Crippen LogP contribution in [0.15, 0.2) is 42.5 Å². The zero-order valence-electron chi connectivity index (χ0n) is 14.3. The second kappa shape index (κ2) is 8.10. The van der Waals surface area contributed by atoms with Crippen molar-refractivity contribution in [3.8, 4) is 11.5 Å². The molecule has 2 amide bonds. The van der Waals surface area contributed by atoms with E-state index in [0.717, 1.165) is 5.56 Å². The predicted octanol–water partition coefficient (Wildman–Crippen LogP) is 3.07. The number of amides is 2. The van der Waals surface area contributed by atoms with Crippen molar-refractivity contribution in [1.29, 1.82) is 0 Å². The molecule has 6 nitrogen and oxygen atoms in total. The lowest BCUT2D eigenvalue weighted by atomic mass is 10.1. The van der Waals surface area contributed by atoms with Crippen molar-refractivity contribution in [2.24, 2.45) is 0 Å². The molecule has 2 aromatic carbocycles. The van der Waals surface area contributed by atoms with Crippen molar-refractivity contribution in [1.82, 2.24) is 10.6 Å². The van der Waals surface area contributed by atoms with Gasteiger partial charge in [-0.25, -0.2) is 0 Å². The molecule has 0 spiro atoms. The summed E-state index contributed by atoms with van der Waals surface area (Å²) in [6, 6.07) is 12.0. The van der Waals surface area contributed by atoms with Crippen molar-refractivity contribution in [2.45, 2.75) is 19.4 Å².